The molecule has 1 saturated heterocycles. The molecule has 0 bridgehead atoms. The molecule has 136 valence electrons. The van der Waals surface area contributed by atoms with Gasteiger partial charge in [0.05, 0.1) is 0 Å². The van der Waals surface area contributed by atoms with E-state index in [9.17, 15) is 9.00 Å². The minimum Gasteiger partial charge on any atom is -0.353 e. The molecule has 4 nitrogen and oxygen atoms in total. The Kier molecular flexibility index (Phi) is 9.71. The van der Waals surface area contributed by atoms with Crippen LogP contribution in [0.3, 0.4) is 0 Å². The Bertz CT molecular complexity index is 389. The molecule has 1 saturated carbocycles. The number of amides is 1. The van der Waals surface area contributed by atoms with Crippen molar-refractivity contribution < 1.29 is 9.00 Å². The van der Waals surface area contributed by atoms with Crippen LogP contribution in [-0.2, 0) is 15.6 Å². The van der Waals surface area contributed by atoms with Crippen LogP contribution in [-0.4, -0.2) is 40.3 Å². The Morgan fingerprint density at radius 2 is 2.09 bits per heavy atom. The van der Waals surface area contributed by atoms with Crippen molar-refractivity contribution in [2.24, 2.45) is 11.8 Å². The van der Waals surface area contributed by atoms with Gasteiger partial charge in [0.15, 0.2) is 0 Å². The third kappa shape index (κ3) is 6.71. The van der Waals surface area contributed by atoms with Gasteiger partial charge in [-0.05, 0) is 57.0 Å². The Balaban J connectivity index is 0.00000264. The second-order valence-electron chi connectivity index (χ2n) is 7.01. The van der Waals surface area contributed by atoms with E-state index in [4.69, 9.17) is 0 Å². The van der Waals surface area contributed by atoms with Crippen LogP contribution in [0.25, 0.3) is 0 Å². The monoisotopic (exact) mass is 364 g/mol. The largest absolute Gasteiger partial charge is 0.353 e. The van der Waals surface area contributed by atoms with Crippen LogP contribution >= 0.6 is 12.4 Å². The number of hydrogen-bond acceptors (Lipinski definition) is 3. The Hall–Kier alpha value is -0.130. The predicted octanol–water partition coefficient (Wildman–Crippen LogP) is 2.63. The molecule has 5 unspecified atom stereocenters. The van der Waals surface area contributed by atoms with Gasteiger partial charge in [-0.15, -0.1) is 12.4 Å². The number of carbonyl (C=O) groups is 1. The molecule has 1 aliphatic carbocycles. The summed E-state index contributed by atoms with van der Waals surface area (Å²) in [5.74, 6) is 1.99. The Labute approximate surface area is 149 Å². The lowest BCUT2D eigenvalue weighted by molar-refractivity contribution is -0.123. The predicted molar refractivity (Wildman–Crippen MR) is 99.5 cm³/mol. The fourth-order valence-electron chi connectivity index (χ4n) is 3.86. The van der Waals surface area contributed by atoms with Gasteiger partial charge in [-0.1, -0.05) is 20.3 Å². The minimum absolute atomic E-state index is 0. The second-order valence-corrected chi connectivity index (χ2v) is 9.02. The second kappa shape index (κ2) is 10.7. The van der Waals surface area contributed by atoms with E-state index in [0.29, 0.717) is 18.3 Å². The molecule has 23 heavy (non-hydrogen) atoms. The van der Waals surface area contributed by atoms with Crippen molar-refractivity contribution in [1.82, 2.24) is 10.6 Å². The zero-order valence-electron chi connectivity index (χ0n) is 14.5. The average Bonchev–Trinajstić information content (AvgIpc) is 2.55. The van der Waals surface area contributed by atoms with Gasteiger partial charge >= 0.3 is 0 Å². The number of carbonyl (C=O) groups excluding carboxylic acids is 1. The van der Waals surface area contributed by atoms with E-state index in [1.54, 1.807) is 0 Å². The molecule has 0 spiro atoms. The summed E-state index contributed by atoms with van der Waals surface area (Å²) >= 11 is 0. The number of halogens is 1. The fourth-order valence-corrected chi connectivity index (χ4v) is 5.21. The third-order valence-electron chi connectivity index (χ3n) is 5.29. The Morgan fingerprint density at radius 1 is 1.30 bits per heavy atom. The number of hydrogen-bond donors (Lipinski definition) is 2. The van der Waals surface area contributed by atoms with Gasteiger partial charge in [0.25, 0.3) is 0 Å². The van der Waals surface area contributed by atoms with Crippen LogP contribution in [0, 0.1) is 11.8 Å². The molecule has 2 aliphatic rings. The van der Waals surface area contributed by atoms with Crippen LogP contribution in [0.15, 0.2) is 0 Å². The van der Waals surface area contributed by atoms with Crippen molar-refractivity contribution in [2.45, 2.75) is 70.1 Å². The summed E-state index contributed by atoms with van der Waals surface area (Å²) in [7, 11) is -0.723. The molecular formula is C17H33ClN2O2S. The number of nitrogens with one attached hydrogen (secondary N) is 2. The maximum absolute atomic E-state index is 12.3. The Morgan fingerprint density at radius 3 is 2.74 bits per heavy atom. The summed E-state index contributed by atoms with van der Waals surface area (Å²) in [6, 6.07) is 0.235. The molecular weight excluding hydrogens is 332 g/mol. The fraction of sp³-hybridized carbons (Fsp3) is 0.941. The minimum atomic E-state index is -0.723. The molecule has 5 atom stereocenters. The van der Waals surface area contributed by atoms with E-state index in [0.717, 1.165) is 44.5 Å². The molecule has 2 rings (SSSR count). The molecule has 2 N–H and O–H groups in total. The van der Waals surface area contributed by atoms with Crippen LogP contribution in [0.2, 0.25) is 0 Å². The number of piperidine rings is 1. The van der Waals surface area contributed by atoms with E-state index in [2.05, 4.69) is 17.6 Å². The van der Waals surface area contributed by atoms with Gasteiger partial charge in [-0.3, -0.25) is 9.00 Å². The maximum atomic E-state index is 12.3. The van der Waals surface area contributed by atoms with Crippen molar-refractivity contribution in [3.05, 3.63) is 0 Å². The van der Waals surface area contributed by atoms with Crippen molar-refractivity contribution in [1.29, 1.82) is 0 Å². The van der Waals surface area contributed by atoms with Crippen LogP contribution in [0.5, 0.6) is 0 Å². The lowest BCUT2D eigenvalue weighted by atomic mass is 9.85. The zero-order chi connectivity index (χ0) is 15.9. The van der Waals surface area contributed by atoms with Crippen LogP contribution < -0.4 is 10.6 Å². The molecule has 2 fully saturated rings. The highest BCUT2D eigenvalue weighted by Gasteiger charge is 2.28. The summed E-state index contributed by atoms with van der Waals surface area (Å²) in [5.41, 5.74) is 0. The average molecular weight is 365 g/mol. The first-order valence-corrected chi connectivity index (χ1v) is 10.4. The van der Waals surface area contributed by atoms with Crippen LogP contribution in [0.1, 0.15) is 58.8 Å². The summed E-state index contributed by atoms with van der Waals surface area (Å²) in [6.45, 7) is 6.36. The zero-order valence-corrected chi connectivity index (χ0v) is 16.1. The van der Waals surface area contributed by atoms with E-state index in [1.807, 2.05) is 6.92 Å². The van der Waals surface area contributed by atoms with Gasteiger partial charge < -0.3 is 10.6 Å². The summed E-state index contributed by atoms with van der Waals surface area (Å²) in [6.07, 6.45) is 7.17. The van der Waals surface area contributed by atoms with E-state index < -0.39 is 10.8 Å². The normalized spacial score (nSPS) is 30.8. The quantitative estimate of drug-likeness (QED) is 0.761. The standard InChI is InChI=1S/C17H32N2O2S.ClH/c1-3-22(21)16-8-4-7-15(11-16)19-17(20)10-13(2)14-6-5-9-18-12-14;/h13-16,18H,3-12H2,1-2H3,(H,19,20);1H. The van der Waals surface area contributed by atoms with E-state index >= 15 is 0 Å². The van der Waals surface area contributed by atoms with Gasteiger partial charge in [0.1, 0.15) is 0 Å². The molecule has 1 amide bonds. The first-order valence-electron chi connectivity index (χ1n) is 8.97. The molecule has 0 aromatic heterocycles. The number of rotatable bonds is 6. The first kappa shape index (κ1) is 20.9. The lowest BCUT2D eigenvalue weighted by Crippen LogP contribution is -2.42. The van der Waals surface area contributed by atoms with Crippen molar-refractivity contribution in [2.75, 3.05) is 18.8 Å². The molecule has 0 aromatic carbocycles. The smallest absolute Gasteiger partial charge is 0.220 e. The van der Waals surface area contributed by atoms with Crippen molar-refractivity contribution >= 4 is 29.1 Å². The molecule has 6 heteroatoms. The molecule has 1 heterocycles. The third-order valence-corrected chi connectivity index (χ3v) is 7.04. The highest BCUT2D eigenvalue weighted by atomic mass is 35.5. The molecule has 1 aliphatic heterocycles. The van der Waals surface area contributed by atoms with Gasteiger partial charge in [0, 0.05) is 34.3 Å². The molecule has 0 aromatic rings. The first-order chi connectivity index (χ1) is 10.6. The van der Waals surface area contributed by atoms with Crippen molar-refractivity contribution in [3.8, 4) is 0 Å². The van der Waals surface area contributed by atoms with E-state index in [1.165, 1.54) is 12.8 Å². The van der Waals surface area contributed by atoms with Crippen molar-refractivity contribution in [3.63, 3.8) is 0 Å². The SMILES string of the molecule is CCS(=O)C1CCCC(NC(=O)CC(C)C2CCCNC2)C1.Cl. The van der Waals surface area contributed by atoms with Gasteiger partial charge in [0.2, 0.25) is 5.91 Å². The molecule has 0 radical (unpaired) electrons. The highest BCUT2D eigenvalue weighted by molar-refractivity contribution is 7.85. The maximum Gasteiger partial charge on any atom is 0.220 e. The topological polar surface area (TPSA) is 58.2 Å². The van der Waals surface area contributed by atoms with Gasteiger partial charge in [-0.25, -0.2) is 0 Å². The summed E-state index contributed by atoms with van der Waals surface area (Å²) in [4.78, 5) is 12.3. The lowest BCUT2D eigenvalue weighted by Gasteiger charge is -2.31. The highest BCUT2D eigenvalue weighted by Crippen LogP contribution is 2.25. The summed E-state index contributed by atoms with van der Waals surface area (Å²) in [5, 5.41) is 6.92. The van der Waals surface area contributed by atoms with Crippen LogP contribution in [0.4, 0.5) is 0 Å². The van der Waals surface area contributed by atoms with E-state index in [-0.39, 0.29) is 29.6 Å². The van der Waals surface area contributed by atoms with Gasteiger partial charge in [-0.2, -0.15) is 0 Å². The summed E-state index contributed by atoms with van der Waals surface area (Å²) < 4.78 is 12.0.